The third kappa shape index (κ3) is 3.72. The average Bonchev–Trinajstić information content (AvgIpc) is 2.48. The molecular formula is C17H17NO2. The standard InChI is InChI=1S/C17H17NO2/c1-13-8-6-7-11-16(13)18-17(19)14(2)12-20-15-9-4-3-5-10-15/h3-12H,1-2H3,(H,18,19). The topological polar surface area (TPSA) is 38.3 Å². The zero-order chi connectivity index (χ0) is 14.4. The van der Waals surface area contributed by atoms with E-state index in [1.165, 1.54) is 6.26 Å². The fourth-order valence-electron chi connectivity index (χ4n) is 1.64. The number of carbonyl (C=O) groups is 1. The van der Waals surface area contributed by atoms with Crippen LogP contribution >= 0.6 is 0 Å². The molecule has 102 valence electrons. The maximum absolute atomic E-state index is 12.0. The van der Waals surface area contributed by atoms with E-state index in [0.29, 0.717) is 11.3 Å². The van der Waals surface area contributed by atoms with Crippen LogP contribution < -0.4 is 10.1 Å². The molecule has 3 nitrogen and oxygen atoms in total. The normalized spacial score (nSPS) is 11.0. The summed E-state index contributed by atoms with van der Waals surface area (Å²) in [6.07, 6.45) is 1.46. The lowest BCUT2D eigenvalue weighted by Crippen LogP contribution is -2.14. The highest BCUT2D eigenvalue weighted by Crippen LogP contribution is 2.15. The minimum Gasteiger partial charge on any atom is -0.465 e. The van der Waals surface area contributed by atoms with Gasteiger partial charge in [0.1, 0.15) is 5.75 Å². The van der Waals surface area contributed by atoms with Gasteiger partial charge in [0.2, 0.25) is 0 Å². The van der Waals surface area contributed by atoms with Gasteiger partial charge in [-0.2, -0.15) is 0 Å². The van der Waals surface area contributed by atoms with Crippen molar-refractivity contribution in [1.82, 2.24) is 0 Å². The monoisotopic (exact) mass is 267 g/mol. The van der Waals surface area contributed by atoms with Crippen LogP contribution in [0.5, 0.6) is 5.75 Å². The van der Waals surface area contributed by atoms with Crippen LogP contribution in [0, 0.1) is 6.92 Å². The first-order valence-corrected chi connectivity index (χ1v) is 6.42. The Morgan fingerprint density at radius 3 is 2.40 bits per heavy atom. The second-order valence-corrected chi connectivity index (χ2v) is 4.50. The van der Waals surface area contributed by atoms with Gasteiger partial charge in [0.15, 0.2) is 0 Å². The van der Waals surface area contributed by atoms with E-state index >= 15 is 0 Å². The smallest absolute Gasteiger partial charge is 0.254 e. The van der Waals surface area contributed by atoms with E-state index in [1.807, 2.05) is 61.5 Å². The van der Waals surface area contributed by atoms with E-state index in [-0.39, 0.29) is 5.91 Å². The molecule has 0 aliphatic carbocycles. The van der Waals surface area contributed by atoms with Gasteiger partial charge in [-0.25, -0.2) is 0 Å². The Labute approximate surface area is 118 Å². The molecule has 0 fully saturated rings. The molecule has 0 aliphatic rings. The Balaban J connectivity index is 2.00. The molecule has 0 aromatic heterocycles. The molecule has 1 N–H and O–H groups in total. The van der Waals surface area contributed by atoms with Gasteiger partial charge in [0.25, 0.3) is 5.91 Å². The zero-order valence-electron chi connectivity index (χ0n) is 11.6. The van der Waals surface area contributed by atoms with Crippen LogP contribution in [0.3, 0.4) is 0 Å². The maximum Gasteiger partial charge on any atom is 0.254 e. The van der Waals surface area contributed by atoms with E-state index in [9.17, 15) is 4.79 Å². The van der Waals surface area contributed by atoms with E-state index < -0.39 is 0 Å². The summed E-state index contributed by atoms with van der Waals surface area (Å²) in [5.41, 5.74) is 2.35. The zero-order valence-corrected chi connectivity index (χ0v) is 11.6. The van der Waals surface area contributed by atoms with Gasteiger partial charge in [0, 0.05) is 11.3 Å². The predicted molar refractivity (Wildman–Crippen MR) is 80.6 cm³/mol. The molecule has 0 spiro atoms. The highest BCUT2D eigenvalue weighted by atomic mass is 16.5. The van der Waals surface area contributed by atoms with Crippen LogP contribution in [0.4, 0.5) is 5.69 Å². The summed E-state index contributed by atoms with van der Waals surface area (Å²) in [5.74, 6) is 0.533. The second kappa shape index (κ2) is 6.57. The number of amides is 1. The summed E-state index contributed by atoms with van der Waals surface area (Å²) in [4.78, 5) is 12.0. The SMILES string of the molecule is CC(=COc1ccccc1)C(=O)Nc1ccccc1C. The molecule has 20 heavy (non-hydrogen) atoms. The molecule has 0 saturated carbocycles. The van der Waals surface area contributed by atoms with Crippen molar-refractivity contribution in [2.24, 2.45) is 0 Å². The summed E-state index contributed by atoms with van der Waals surface area (Å²) >= 11 is 0. The molecule has 0 radical (unpaired) electrons. The Hall–Kier alpha value is -2.55. The molecule has 0 saturated heterocycles. The number of anilines is 1. The third-order valence-electron chi connectivity index (χ3n) is 2.87. The summed E-state index contributed by atoms with van der Waals surface area (Å²) in [7, 11) is 0. The molecule has 1 amide bonds. The fraction of sp³-hybridized carbons (Fsp3) is 0.118. The average molecular weight is 267 g/mol. The number of carbonyl (C=O) groups excluding carboxylic acids is 1. The van der Waals surface area contributed by atoms with Gasteiger partial charge in [-0.1, -0.05) is 36.4 Å². The molecule has 2 rings (SSSR count). The molecule has 3 heteroatoms. The highest BCUT2D eigenvalue weighted by molar-refractivity contribution is 6.03. The van der Waals surface area contributed by atoms with E-state index in [2.05, 4.69) is 5.32 Å². The summed E-state index contributed by atoms with van der Waals surface area (Å²) in [6, 6.07) is 17.0. The number of hydrogen-bond acceptors (Lipinski definition) is 2. The van der Waals surface area contributed by atoms with Crippen LogP contribution in [0.1, 0.15) is 12.5 Å². The first kappa shape index (κ1) is 13.9. The summed E-state index contributed by atoms with van der Waals surface area (Å²) < 4.78 is 5.43. The van der Waals surface area contributed by atoms with Crippen LogP contribution in [0.25, 0.3) is 0 Å². The predicted octanol–water partition coefficient (Wildman–Crippen LogP) is 3.92. The first-order chi connectivity index (χ1) is 9.66. The minimum absolute atomic E-state index is 0.171. The van der Waals surface area contributed by atoms with Crippen LogP contribution in [-0.2, 0) is 4.79 Å². The minimum atomic E-state index is -0.171. The molecule has 0 aliphatic heterocycles. The van der Waals surface area contributed by atoms with Gasteiger partial charge in [-0.15, -0.1) is 0 Å². The van der Waals surface area contributed by atoms with Crippen molar-refractivity contribution < 1.29 is 9.53 Å². The molecule has 0 heterocycles. The van der Waals surface area contributed by atoms with Gasteiger partial charge in [-0.3, -0.25) is 4.79 Å². The maximum atomic E-state index is 12.0. The molecule has 0 bridgehead atoms. The van der Waals surface area contributed by atoms with Crippen LogP contribution in [0.2, 0.25) is 0 Å². The largest absolute Gasteiger partial charge is 0.465 e. The Morgan fingerprint density at radius 2 is 1.70 bits per heavy atom. The van der Waals surface area contributed by atoms with Gasteiger partial charge >= 0.3 is 0 Å². The van der Waals surface area contributed by atoms with E-state index in [0.717, 1.165) is 11.3 Å². The number of para-hydroxylation sites is 2. The summed E-state index contributed by atoms with van der Waals surface area (Å²) in [5, 5.41) is 2.86. The number of rotatable bonds is 4. The van der Waals surface area contributed by atoms with E-state index in [4.69, 9.17) is 4.74 Å². The molecule has 2 aromatic rings. The lowest BCUT2D eigenvalue weighted by Gasteiger charge is -2.08. The Morgan fingerprint density at radius 1 is 1.05 bits per heavy atom. The van der Waals surface area contributed by atoms with Crippen molar-refractivity contribution >= 4 is 11.6 Å². The van der Waals surface area contributed by atoms with Gasteiger partial charge < -0.3 is 10.1 Å². The van der Waals surface area contributed by atoms with Crippen LogP contribution in [0.15, 0.2) is 66.4 Å². The molecular weight excluding hydrogens is 250 g/mol. The number of nitrogens with one attached hydrogen (secondary N) is 1. The van der Waals surface area contributed by atoms with Gasteiger partial charge in [0.05, 0.1) is 6.26 Å². The fourth-order valence-corrected chi connectivity index (χ4v) is 1.64. The molecule has 2 aromatic carbocycles. The van der Waals surface area contributed by atoms with Crippen molar-refractivity contribution in [3.8, 4) is 5.75 Å². The third-order valence-corrected chi connectivity index (χ3v) is 2.87. The number of hydrogen-bond donors (Lipinski definition) is 1. The number of ether oxygens (including phenoxy) is 1. The van der Waals surface area contributed by atoms with Crippen molar-refractivity contribution in [2.75, 3.05) is 5.32 Å². The van der Waals surface area contributed by atoms with Crippen molar-refractivity contribution in [1.29, 1.82) is 0 Å². The lowest BCUT2D eigenvalue weighted by molar-refractivity contribution is -0.112. The Bertz CT molecular complexity index is 618. The Kier molecular flexibility index (Phi) is 4.56. The highest BCUT2D eigenvalue weighted by Gasteiger charge is 2.06. The molecule has 0 atom stereocenters. The quantitative estimate of drug-likeness (QED) is 0.673. The van der Waals surface area contributed by atoms with Gasteiger partial charge in [-0.05, 0) is 37.6 Å². The number of benzene rings is 2. The second-order valence-electron chi connectivity index (χ2n) is 4.50. The first-order valence-electron chi connectivity index (χ1n) is 6.42. The molecule has 0 unspecified atom stereocenters. The van der Waals surface area contributed by atoms with Crippen molar-refractivity contribution in [3.63, 3.8) is 0 Å². The summed E-state index contributed by atoms with van der Waals surface area (Å²) in [6.45, 7) is 3.67. The van der Waals surface area contributed by atoms with Crippen molar-refractivity contribution in [2.45, 2.75) is 13.8 Å². The lowest BCUT2D eigenvalue weighted by atomic mass is 10.2. The van der Waals surface area contributed by atoms with E-state index in [1.54, 1.807) is 6.92 Å². The van der Waals surface area contributed by atoms with Crippen LogP contribution in [-0.4, -0.2) is 5.91 Å². The van der Waals surface area contributed by atoms with Crippen molar-refractivity contribution in [3.05, 3.63) is 72.0 Å². The number of aryl methyl sites for hydroxylation is 1.